The highest BCUT2D eigenvalue weighted by atomic mass is 16.3. The fraction of sp³-hybridized carbons (Fsp3) is 0.500. The molecule has 0 radical (unpaired) electrons. The number of phenolic OH excluding ortho intramolecular Hbond substituents is 1. The first-order valence-electron chi connectivity index (χ1n) is 5.37. The Kier molecular flexibility index (Phi) is 2.62. The van der Waals surface area contributed by atoms with Crippen LogP contribution in [0.5, 0.6) is 5.75 Å². The quantitative estimate of drug-likeness (QED) is 0.777. The summed E-state index contributed by atoms with van der Waals surface area (Å²) >= 11 is 0. The normalized spacial score (nSPS) is 21.5. The highest BCUT2D eigenvalue weighted by Crippen LogP contribution is 2.28. The van der Waals surface area contributed by atoms with Crippen LogP contribution < -0.4 is 4.90 Å². The Morgan fingerprint density at radius 3 is 3.07 bits per heavy atom. The maximum atomic E-state index is 9.41. The van der Waals surface area contributed by atoms with Crippen LogP contribution in [-0.4, -0.2) is 17.7 Å². The molecule has 2 nitrogen and oxygen atoms in total. The smallest absolute Gasteiger partial charge is 0.117 e. The van der Waals surface area contributed by atoms with Crippen LogP contribution in [0.4, 0.5) is 5.69 Å². The molecule has 1 atom stereocenters. The predicted molar refractivity (Wildman–Crippen MR) is 58.8 cm³/mol. The molecule has 1 aromatic rings. The Morgan fingerprint density at radius 1 is 1.50 bits per heavy atom. The third kappa shape index (κ3) is 1.69. The van der Waals surface area contributed by atoms with Gasteiger partial charge in [0.15, 0.2) is 0 Å². The van der Waals surface area contributed by atoms with Crippen molar-refractivity contribution in [1.82, 2.24) is 0 Å². The van der Waals surface area contributed by atoms with Gasteiger partial charge in [0.25, 0.3) is 0 Å². The fourth-order valence-electron chi connectivity index (χ4n) is 2.27. The van der Waals surface area contributed by atoms with E-state index in [0.29, 0.717) is 11.8 Å². The van der Waals surface area contributed by atoms with Gasteiger partial charge in [-0.1, -0.05) is 13.0 Å². The molecular formula is C12H17NO. The minimum Gasteiger partial charge on any atom is -0.508 e. The van der Waals surface area contributed by atoms with E-state index in [0.717, 1.165) is 12.2 Å². The van der Waals surface area contributed by atoms with Crippen LogP contribution in [0.15, 0.2) is 24.3 Å². The third-order valence-electron chi connectivity index (χ3n) is 3.01. The first-order valence-corrected chi connectivity index (χ1v) is 5.37. The number of phenols is 1. The van der Waals surface area contributed by atoms with Gasteiger partial charge in [-0.2, -0.15) is 0 Å². The molecule has 1 aliphatic rings. The van der Waals surface area contributed by atoms with Crippen molar-refractivity contribution in [2.45, 2.75) is 32.2 Å². The Hall–Kier alpha value is -1.18. The summed E-state index contributed by atoms with van der Waals surface area (Å²) in [5.41, 5.74) is 1.16. The summed E-state index contributed by atoms with van der Waals surface area (Å²) in [4.78, 5) is 2.40. The van der Waals surface area contributed by atoms with Gasteiger partial charge in [-0.15, -0.1) is 0 Å². The molecule has 1 unspecified atom stereocenters. The minimum absolute atomic E-state index is 0.365. The molecule has 1 N–H and O–H groups in total. The topological polar surface area (TPSA) is 23.5 Å². The zero-order valence-electron chi connectivity index (χ0n) is 8.61. The molecule has 0 amide bonds. The van der Waals surface area contributed by atoms with Crippen LogP contribution >= 0.6 is 0 Å². The van der Waals surface area contributed by atoms with Gasteiger partial charge in [0.1, 0.15) is 5.75 Å². The van der Waals surface area contributed by atoms with Crippen molar-refractivity contribution in [2.75, 3.05) is 11.4 Å². The van der Waals surface area contributed by atoms with Crippen LogP contribution in [0, 0.1) is 0 Å². The monoisotopic (exact) mass is 191 g/mol. The van der Waals surface area contributed by atoms with E-state index < -0.39 is 0 Å². The molecule has 76 valence electrons. The SMILES string of the molecule is CCC1CCCN1c1cccc(O)c1. The van der Waals surface area contributed by atoms with Crippen molar-refractivity contribution in [3.8, 4) is 5.75 Å². The molecule has 0 aromatic heterocycles. The number of rotatable bonds is 2. The zero-order valence-corrected chi connectivity index (χ0v) is 8.61. The van der Waals surface area contributed by atoms with Crippen LogP contribution in [-0.2, 0) is 0 Å². The van der Waals surface area contributed by atoms with Crippen LogP contribution in [0.25, 0.3) is 0 Å². The average Bonchev–Trinajstić information content (AvgIpc) is 2.65. The Balaban J connectivity index is 2.21. The van der Waals surface area contributed by atoms with Gasteiger partial charge in [0, 0.05) is 24.3 Å². The zero-order chi connectivity index (χ0) is 9.97. The number of hydrogen-bond acceptors (Lipinski definition) is 2. The van der Waals surface area contributed by atoms with Gasteiger partial charge in [0.05, 0.1) is 0 Å². The van der Waals surface area contributed by atoms with Crippen LogP contribution in [0.1, 0.15) is 26.2 Å². The van der Waals surface area contributed by atoms with E-state index in [4.69, 9.17) is 0 Å². The number of anilines is 1. The van der Waals surface area contributed by atoms with Gasteiger partial charge < -0.3 is 10.0 Å². The van der Waals surface area contributed by atoms with Gasteiger partial charge in [-0.05, 0) is 31.4 Å². The lowest BCUT2D eigenvalue weighted by Crippen LogP contribution is -2.28. The molecule has 1 aliphatic heterocycles. The number of benzene rings is 1. The average molecular weight is 191 g/mol. The van der Waals surface area contributed by atoms with E-state index in [1.165, 1.54) is 19.3 Å². The minimum atomic E-state index is 0.365. The summed E-state index contributed by atoms with van der Waals surface area (Å²) in [6.45, 7) is 3.35. The largest absolute Gasteiger partial charge is 0.508 e. The third-order valence-corrected chi connectivity index (χ3v) is 3.01. The van der Waals surface area contributed by atoms with E-state index in [2.05, 4.69) is 17.9 Å². The van der Waals surface area contributed by atoms with Crippen molar-refractivity contribution in [1.29, 1.82) is 0 Å². The van der Waals surface area contributed by atoms with E-state index >= 15 is 0 Å². The first kappa shape index (κ1) is 9.38. The van der Waals surface area contributed by atoms with E-state index in [1.54, 1.807) is 6.07 Å². The van der Waals surface area contributed by atoms with Crippen LogP contribution in [0.2, 0.25) is 0 Å². The molecule has 1 saturated heterocycles. The highest BCUT2D eigenvalue weighted by Gasteiger charge is 2.22. The summed E-state index contributed by atoms with van der Waals surface area (Å²) in [5, 5.41) is 9.41. The van der Waals surface area contributed by atoms with E-state index in [1.807, 2.05) is 12.1 Å². The number of nitrogens with zero attached hydrogens (tertiary/aromatic N) is 1. The molecule has 0 saturated carbocycles. The Morgan fingerprint density at radius 2 is 2.36 bits per heavy atom. The second-order valence-corrected chi connectivity index (χ2v) is 3.92. The Labute approximate surface area is 85.2 Å². The van der Waals surface area contributed by atoms with Crippen LogP contribution in [0.3, 0.4) is 0 Å². The van der Waals surface area contributed by atoms with E-state index in [-0.39, 0.29) is 0 Å². The second-order valence-electron chi connectivity index (χ2n) is 3.92. The molecule has 2 rings (SSSR count). The molecule has 0 spiro atoms. The standard InChI is InChI=1S/C12H17NO/c1-2-10-6-4-8-13(10)11-5-3-7-12(14)9-11/h3,5,7,9-10,14H,2,4,6,8H2,1H3. The predicted octanol–water partition coefficient (Wildman–Crippen LogP) is 2.77. The molecular weight excluding hydrogens is 174 g/mol. The van der Waals surface area contributed by atoms with Crippen molar-refractivity contribution in [2.24, 2.45) is 0 Å². The lowest BCUT2D eigenvalue weighted by atomic mass is 10.1. The molecule has 1 heterocycles. The summed E-state index contributed by atoms with van der Waals surface area (Å²) in [6.07, 6.45) is 3.75. The van der Waals surface area contributed by atoms with Crippen molar-refractivity contribution < 1.29 is 5.11 Å². The number of hydrogen-bond donors (Lipinski definition) is 1. The van der Waals surface area contributed by atoms with Gasteiger partial charge in [0.2, 0.25) is 0 Å². The van der Waals surface area contributed by atoms with Gasteiger partial charge in [-0.3, -0.25) is 0 Å². The molecule has 0 bridgehead atoms. The molecule has 1 fully saturated rings. The first-order chi connectivity index (χ1) is 6.81. The second kappa shape index (κ2) is 3.91. The van der Waals surface area contributed by atoms with Gasteiger partial charge in [-0.25, -0.2) is 0 Å². The summed E-state index contributed by atoms with van der Waals surface area (Å²) in [6, 6.07) is 8.23. The maximum absolute atomic E-state index is 9.41. The summed E-state index contributed by atoms with van der Waals surface area (Å²) in [7, 11) is 0. The molecule has 2 heteroatoms. The molecule has 1 aromatic carbocycles. The van der Waals surface area contributed by atoms with Crippen molar-refractivity contribution >= 4 is 5.69 Å². The lowest BCUT2D eigenvalue weighted by Gasteiger charge is -2.25. The van der Waals surface area contributed by atoms with Crippen molar-refractivity contribution in [3.05, 3.63) is 24.3 Å². The number of aromatic hydroxyl groups is 1. The van der Waals surface area contributed by atoms with Crippen molar-refractivity contribution in [3.63, 3.8) is 0 Å². The lowest BCUT2D eigenvalue weighted by molar-refractivity contribution is 0.475. The molecule has 0 aliphatic carbocycles. The maximum Gasteiger partial charge on any atom is 0.117 e. The summed E-state index contributed by atoms with van der Waals surface area (Å²) < 4.78 is 0. The summed E-state index contributed by atoms with van der Waals surface area (Å²) in [5.74, 6) is 0.365. The fourth-order valence-corrected chi connectivity index (χ4v) is 2.27. The highest BCUT2D eigenvalue weighted by molar-refractivity contribution is 5.51. The molecule has 14 heavy (non-hydrogen) atoms. The Bertz CT molecular complexity index is 311. The van der Waals surface area contributed by atoms with Gasteiger partial charge >= 0.3 is 0 Å². The van der Waals surface area contributed by atoms with E-state index in [9.17, 15) is 5.11 Å².